The molecule has 1 atom stereocenters. The second-order valence-corrected chi connectivity index (χ2v) is 5.13. The van der Waals surface area contributed by atoms with Crippen molar-refractivity contribution in [3.63, 3.8) is 0 Å². The Kier molecular flexibility index (Phi) is 5.44. The Morgan fingerprint density at radius 2 is 2.17 bits per heavy atom. The fourth-order valence-corrected chi connectivity index (χ4v) is 1.75. The van der Waals surface area contributed by atoms with Crippen molar-refractivity contribution >= 4 is 23.2 Å². The molecule has 0 spiro atoms. The number of hydrogen-bond donors (Lipinski definition) is 2. The molecule has 0 bridgehead atoms. The Balaban J connectivity index is 2.59. The largest absolute Gasteiger partial charge is 0.398 e. The van der Waals surface area contributed by atoms with Crippen molar-refractivity contribution in [1.29, 1.82) is 0 Å². The van der Waals surface area contributed by atoms with E-state index in [0.29, 0.717) is 16.3 Å². The van der Waals surface area contributed by atoms with Gasteiger partial charge in [0.15, 0.2) is 0 Å². The molecule has 1 rings (SSSR count). The van der Waals surface area contributed by atoms with Crippen LogP contribution >= 0.6 is 11.6 Å². The van der Waals surface area contributed by atoms with Crippen LogP contribution in [0.25, 0.3) is 0 Å². The van der Waals surface area contributed by atoms with E-state index in [1.54, 1.807) is 18.2 Å². The molecule has 1 aromatic carbocycles. The first-order valence-corrected chi connectivity index (χ1v) is 6.28. The van der Waals surface area contributed by atoms with Crippen molar-refractivity contribution in [3.05, 3.63) is 28.8 Å². The molecule has 18 heavy (non-hydrogen) atoms. The Morgan fingerprint density at radius 3 is 2.72 bits per heavy atom. The molecule has 1 unspecified atom stereocenters. The molecular formula is C13H20ClN3O. The van der Waals surface area contributed by atoms with Crippen LogP contribution in [0.15, 0.2) is 18.2 Å². The third kappa shape index (κ3) is 4.55. The maximum atomic E-state index is 12.0. The number of nitrogens with zero attached hydrogens (tertiary/aromatic N) is 1. The fraction of sp³-hybridized carbons (Fsp3) is 0.462. The molecule has 0 saturated heterocycles. The number of rotatable bonds is 5. The van der Waals surface area contributed by atoms with Crippen LogP contribution in [0.1, 0.15) is 23.7 Å². The zero-order chi connectivity index (χ0) is 13.7. The van der Waals surface area contributed by atoms with Crippen LogP contribution in [-0.4, -0.2) is 37.5 Å². The predicted octanol–water partition coefficient (Wildman–Crippen LogP) is 1.99. The molecule has 0 saturated carbocycles. The van der Waals surface area contributed by atoms with Crippen LogP contribution in [0.4, 0.5) is 5.69 Å². The number of carbonyl (C=O) groups excluding carboxylic acids is 1. The third-order valence-corrected chi connectivity index (χ3v) is 2.88. The molecule has 0 aliphatic carbocycles. The lowest BCUT2D eigenvalue weighted by Gasteiger charge is -2.17. The van der Waals surface area contributed by atoms with Crippen molar-refractivity contribution < 1.29 is 4.79 Å². The lowest BCUT2D eigenvalue weighted by molar-refractivity contribution is 0.0937. The average Bonchev–Trinajstić information content (AvgIpc) is 2.26. The summed E-state index contributed by atoms with van der Waals surface area (Å²) in [5, 5.41) is 3.46. The molecule has 1 amide bonds. The molecule has 0 radical (unpaired) electrons. The van der Waals surface area contributed by atoms with Crippen LogP contribution in [0.2, 0.25) is 5.02 Å². The predicted molar refractivity (Wildman–Crippen MR) is 76.0 cm³/mol. The summed E-state index contributed by atoms with van der Waals surface area (Å²) in [6.45, 7) is 2.91. The third-order valence-electron chi connectivity index (χ3n) is 2.65. The van der Waals surface area contributed by atoms with E-state index in [0.717, 1.165) is 13.0 Å². The van der Waals surface area contributed by atoms with Gasteiger partial charge >= 0.3 is 0 Å². The first-order valence-electron chi connectivity index (χ1n) is 5.90. The summed E-state index contributed by atoms with van der Waals surface area (Å²) < 4.78 is 0. The van der Waals surface area contributed by atoms with Crippen molar-refractivity contribution in [2.24, 2.45) is 0 Å². The van der Waals surface area contributed by atoms with Gasteiger partial charge in [-0.05, 0) is 52.2 Å². The lowest BCUT2D eigenvalue weighted by atomic mass is 10.1. The Hall–Kier alpha value is -1.26. The summed E-state index contributed by atoms with van der Waals surface area (Å²) >= 11 is 5.79. The highest BCUT2D eigenvalue weighted by molar-refractivity contribution is 6.31. The lowest BCUT2D eigenvalue weighted by Crippen LogP contribution is -2.35. The number of amides is 1. The smallest absolute Gasteiger partial charge is 0.253 e. The number of nitrogens with two attached hydrogens (primary N) is 1. The van der Waals surface area contributed by atoms with Crippen molar-refractivity contribution in [2.45, 2.75) is 19.4 Å². The second-order valence-electron chi connectivity index (χ2n) is 4.70. The Morgan fingerprint density at radius 1 is 1.50 bits per heavy atom. The number of carbonyl (C=O) groups is 1. The number of anilines is 1. The van der Waals surface area contributed by atoms with Gasteiger partial charge in [0, 0.05) is 16.8 Å². The highest BCUT2D eigenvalue weighted by Gasteiger charge is 2.12. The molecule has 0 heterocycles. The summed E-state index contributed by atoms with van der Waals surface area (Å²) in [4.78, 5) is 14.1. The number of hydrogen-bond acceptors (Lipinski definition) is 3. The van der Waals surface area contributed by atoms with Gasteiger partial charge in [-0.15, -0.1) is 0 Å². The van der Waals surface area contributed by atoms with E-state index in [1.807, 2.05) is 21.0 Å². The summed E-state index contributed by atoms with van der Waals surface area (Å²) in [6.07, 6.45) is 0.895. The summed E-state index contributed by atoms with van der Waals surface area (Å²) in [5.41, 5.74) is 6.64. The fourth-order valence-electron chi connectivity index (χ4n) is 1.57. The number of nitrogen functional groups attached to an aromatic ring is 1. The molecule has 4 nitrogen and oxygen atoms in total. The van der Waals surface area contributed by atoms with Gasteiger partial charge in [0.2, 0.25) is 0 Å². The summed E-state index contributed by atoms with van der Waals surface area (Å²) in [5.74, 6) is -0.157. The minimum atomic E-state index is -0.157. The van der Waals surface area contributed by atoms with Gasteiger partial charge in [-0.1, -0.05) is 11.6 Å². The number of halogens is 1. The standard InChI is InChI=1S/C13H20ClN3O/c1-9(6-7-17(2)3)16-13(18)11-5-4-10(14)8-12(11)15/h4-5,8-9H,6-7,15H2,1-3H3,(H,16,18). The van der Waals surface area contributed by atoms with E-state index >= 15 is 0 Å². The molecular weight excluding hydrogens is 250 g/mol. The maximum absolute atomic E-state index is 12.0. The van der Waals surface area contributed by atoms with Crippen molar-refractivity contribution in [1.82, 2.24) is 10.2 Å². The van der Waals surface area contributed by atoms with E-state index in [2.05, 4.69) is 10.2 Å². The molecule has 5 heteroatoms. The highest BCUT2D eigenvalue weighted by Crippen LogP contribution is 2.18. The van der Waals surface area contributed by atoms with Crippen LogP contribution in [0.5, 0.6) is 0 Å². The second kappa shape index (κ2) is 6.61. The Bertz CT molecular complexity index is 421. The first-order chi connectivity index (χ1) is 8.40. The van der Waals surface area contributed by atoms with E-state index < -0.39 is 0 Å². The van der Waals surface area contributed by atoms with Gasteiger partial charge in [0.25, 0.3) is 5.91 Å². The van der Waals surface area contributed by atoms with Crippen LogP contribution in [-0.2, 0) is 0 Å². The van der Waals surface area contributed by atoms with E-state index in [9.17, 15) is 4.79 Å². The van der Waals surface area contributed by atoms with Gasteiger partial charge in [-0.3, -0.25) is 4.79 Å². The molecule has 3 N–H and O–H groups in total. The monoisotopic (exact) mass is 269 g/mol. The van der Waals surface area contributed by atoms with Crippen LogP contribution in [0, 0.1) is 0 Å². The van der Waals surface area contributed by atoms with Gasteiger partial charge in [-0.25, -0.2) is 0 Å². The minimum Gasteiger partial charge on any atom is -0.398 e. The topological polar surface area (TPSA) is 58.4 Å². The minimum absolute atomic E-state index is 0.106. The SMILES string of the molecule is CC(CCN(C)C)NC(=O)c1ccc(Cl)cc1N. The zero-order valence-corrected chi connectivity index (χ0v) is 11.8. The first kappa shape index (κ1) is 14.8. The number of nitrogens with one attached hydrogen (secondary N) is 1. The van der Waals surface area contributed by atoms with Crippen molar-refractivity contribution in [3.8, 4) is 0 Å². The molecule has 100 valence electrons. The molecule has 1 aromatic rings. The average molecular weight is 270 g/mol. The summed E-state index contributed by atoms with van der Waals surface area (Å²) in [7, 11) is 4.01. The van der Waals surface area contributed by atoms with E-state index in [4.69, 9.17) is 17.3 Å². The molecule has 0 aliphatic rings. The van der Waals surface area contributed by atoms with Crippen molar-refractivity contribution in [2.75, 3.05) is 26.4 Å². The maximum Gasteiger partial charge on any atom is 0.253 e. The van der Waals surface area contributed by atoms with E-state index in [-0.39, 0.29) is 11.9 Å². The quantitative estimate of drug-likeness (QED) is 0.804. The molecule has 0 fully saturated rings. The Labute approximate surface area is 113 Å². The van der Waals surface area contributed by atoms with Crippen LogP contribution < -0.4 is 11.1 Å². The summed E-state index contributed by atoms with van der Waals surface area (Å²) in [6, 6.07) is 5.00. The van der Waals surface area contributed by atoms with Gasteiger partial charge < -0.3 is 16.0 Å². The molecule has 0 aliphatic heterocycles. The van der Waals surface area contributed by atoms with E-state index in [1.165, 1.54) is 0 Å². The molecule has 0 aromatic heterocycles. The van der Waals surface area contributed by atoms with Gasteiger partial charge in [0.05, 0.1) is 5.56 Å². The van der Waals surface area contributed by atoms with Crippen LogP contribution in [0.3, 0.4) is 0 Å². The van der Waals surface area contributed by atoms with Gasteiger partial charge in [0.1, 0.15) is 0 Å². The zero-order valence-electron chi connectivity index (χ0n) is 11.0. The normalized spacial score (nSPS) is 12.5. The van der Waals surface area contributed by atoms with Gasteiger partial charge in [-0.2, -0.15) is 0 Å². The highest BCUT2D eigenvalue weighted by atomic mass is 35.5. The number of benzene rings is 1.